The maximum Gasteiger partial charge on any atom is 0.193 e. The van der Waals surface area contributed by atoms with Gasteiger partial charge in [0, 0.05) is 11.1 Å². The highest BCUT2D eigenvalue weighted by atomic mass is 19.1. The van der Waals surface area contributed by atoms with Gasteiger partial charge in [-0.2, -0.15) is 5.26 Å². The topological polar surface area (TPSA) is 62.1 Å². The Kier molecular flexibility index (Phi) is 5.40. The SMILES string of the molecule is N#Cc1ccc(C(=O)c2ccc(OCC3CC3CNCC3CC3)c(F)c2)cc1. The molecule has 0 spiro atoms. The minimum absolute atomic E-state index is 0.188. The van der Waals surface area contributed by atoms with Crippen molar-refractivity contribution in [3.05, 3.63) is 65.0 Å². The van der Waals surface area contributed by atoms with Gasteiger partial charge in [0.25, 0.3) is 0 Å². The minimum atomic E-state index is -0.524. The highest BCUT2D eigenvalue weighted by Gasteiger charge is 2.37. The number of hydrogen-bond acceptors (Lipinski definition) is 4. The van der Waals surface area contributed by atoms with Crippen molar-refractivity contribution in [1.82, 2.24) is 5.32 Å². The van der Waals surface area contributed by atoms with Crippen LogP contribution in [0.5, 0.6) is 5.75 Å². The molecule has 2 aliphatic rings. The van der Waals surface area contributed by atoms with Gasteiger partial charge in [0.2, 0.25) is 0 Å². The third-order valence-corrected chi connectivity index (χ3v) is 5.53. The Balaban J connectivity index is 1.29. The van der Waals surface area contributed by atoms with E-state index in [0.717, 1.165) is 25.4 Å². The second-order valence-corrected chi connectivity index (χ2v) is 7.83. The average Bonchev–Trinajstić information content (AvgIpc) is 3.64. The number of rotatable bonds is 9. The van der Waals surface area contributed by atoms with Gasteiger partial charge in [0.15, 0.2) is 17.3 Å². The van der Waals surface area contributed by atoms with Gasteiger partial charge in [-0.05, 0) is 92.6 Å². The number of halogens is 1. The summed E-state index contributed by atoms with van der Waals surface area (Å²) in [5.41, 5.74) is 1.17. The zero-order valence-electron chi connectivity index (χ0n) is 15.7. The number of carbonyl (C=O) groups is 1. The quantitative estimate of drug-likeness (QED) is 0.672. The first kappa shape index (κ1) is 18.6. The zero-order chi connectivity index (χ0) is 19.5. The maximum absolute atomic E-state index is 14.4. The number of benzene rings is 2. The Morgan fingerprint density at radius 2 is 1.86 bits per heavy atom. The molecular weight excluding hydrogens is 355 g/mol. The molecule has 2 unspecified atom stereocenters. The molecule has 0 amide bonds. The van der Waals surface area contributed by atoms with Crippen molar-refractivity contribution in [1.29, 1.82) is 5.26 Å². The molecule has 2 aliphatic carbocycles. The summed E-state index contributed by atoms with van der Waals surface area (Å²) in [4.78, 5) is 12.5. The zero-order valence-corrected chi connectivity index (χ0v) is 15.7. The van der Waals surface area contributed by atoms with E-state index in [-0.39, 0.29) is 17.1 Å². The van der Waals surface area contributed by atoms with E-state index in [9.17, 15) is 9.18 Å². The second-order valence-electron chi connectivity index (χ2n) is 7.83. The van der Waals surface area contributed by atoms with Gasteiger partial charge in [0.05, 0.1) is 18.2 Å². The Bertz CT molecular complexity index is 900. The van der Waals surface area contributed by atoms with Gasteiger partial charge in [-0.1, -0.05) is 0 Å². The van der Waals surface area contributed by atoms with E-state index in [0.29, 0.717) is 29.6 Å². The molecule has 2 fully saturated rings. The molecule has 2 saturated carbocycles. The van der Waals surface area contributed by atoms with Crippen molar-refractivity contribution in [2.45, 2.75) is 19.3 Å². The Morgan fingerprint density at radius 1 is 1.11 bits per heavy atom. The first-order chi connectivity index (χ1) is 13.6. The number of ether oxygens (including phenoxy) is 1. The molecule has 28 heavy (non-hydrogen) atoms. The average molecular weight is 378 g/mol. The second kappa shape index (κ2) is 8.12. The van der Waals surface area contributed by atoms with Crippen LogP contribution >= 0.6 is 0 Å². The van der Waals surface area contributed by atoms with Crippen LogP contribution in [0.2, 0.25) is 0 Å². The predicted molar refractivity (Wildman–Crippen MR) is 104 cm³/mol. The van der Waals surface area contributed by atoms with Crippen LogP contribution in [0, 0.1) is 34.9 Å². The van der Waals surface area contributed by atoms with Gasteiger partial charge < -0.3 is 10.1 Å². The lowest BCUT2D eigenvalue weighted by molar-refractivity contribution is 0.103. The molecule has 5 heteroatoms. The smallest absolute Gasteiger partial charge is 0.193 e. The van der Waals surface area contributed by atoms with E-state index < -0.39 is 5.82 Å². The molecule has 0 saturated heterocycles. The van der Waals surface area contributed by atoms with Crippen molar-refractivity contribution in [3.8, 4) is 11.8 Å². The van der Waals surface area contributed by atoms with Gasteiger partial charge in [-0.3, -0.25) is 4.79 Å². The van der Waals surface area contributed by atoms with Crippen molar-refractivity contribution in [2.24, 2.45) is 17.8 Å². The molecule has 4 nitrogen and oxygen atoms in total. The highest BCUT2D eigenvalue weighted by molar-refractivity contribution is 6.09. The normalized spacial score (nSPS) is 20.4. The van der Waals surface area contributed by atoms with Gasteiger partial charge in [0.1, 0.15) is 0 Å². The van der Waals surface area contributed by atoms with Crippen LogP contribution in [0.1, 0.15) is 40.7 Å². The summed E-state index contributed by atoms with van der Waals surface area (Å²) in [6.07, 6.45) is 3.83. The third kappa shape index (κ3) is 4.58. The van der Waals surface area contributed by atoms with Crippen molar-refractivity contribution >= 4 is 5.78 Å². The molecule has 144 valence electrons. The van der Waals surface area contributed by atoms with E-state index >= 15 is 0 Å². The van der Waals surface area contributed by atoms with Crippen molar-refractivity contribution < 1.29 is 13.9 Å². The molecule has 0 aromatic heterocycles. The third-order valence-electron chi connectivity index (χ3n) is 5.53. The largest absolute Gasteiger partial charge is 0.490 e. The molecular formula is C23H23FN2O2. The summed E-state index contributed by atoms with van der Waals surface area (Å²) >= 11 is 0. The minimum Gasteiger partial charge on any atom is -0.490 e. The summed E-state index contributed by atoms with van der Waals surface area (Å²) in [5, 5.41) is 12.3. The lowest BCUT2D eigenvalue weighted by Gasteiger charge is -2.09. The fourth-order valence-electron chi connectivity index (χ4n) is 3.38. The summed E-state index contributed by atoms with van der Waals surface area (Å²) in [7, 11) is 0. The molecule has 1 N–H and O–H groups in total. The number of hydrogen-bond donors (Lipinski definition) is 1. The van der Waals surface area contributed by atoms with E-state index in [2.05, 4.69) is 5.32 Å². The van der Waals surface area contributed by atoms with E-state index in [1.54, 1.807) is 30.3 Å². The first-order valence-corrected chi connectivity index (χ1v) is 9.82. The van der Waals surface area contributed by atoms with Crippen LogP contribution in [-0.2, 0) is 0 Å². The molecule has 0 bridgehead atoms. The van der Waals surface area contributed by atoms with Crippen LogP contribution < -0.4 is 10.1 Å². The maximum atomic E-state index is 14.4. The lowest BCUT2D eigenvalue weighted by Crippen LogP contribution is -2.20. The van der Waals surface area contributed by atoms with Crippen LogP contribution in [0.25, 0.3) is 0 Å². The molecule has 0 aliphatic heterocycles. The number of nitrogens with zero attached hydrogens (tertiary/aromatic N) is 1. The standard InChI is InChI=1S/C23H23FN2O2/c24-21-10-18(23(27)17-5-3-15(11-25)4-6-17)7-8-22(21)28-14-20-9-19(20)13-26-12-16-1-2-16/h3-8,10,16,19-20,26H,1-2,9,12-14H2. The predicted octanol–water partition coefficient (Wildman–Crippen LogP) is 3.94. The fourth-order valence-corrected chi connectivity index (χ4v) is 3.38. The molecule has 4 rings (SSSR count). The van der Waals surface area contributed by atoms with Crippen LogP contribution in [0.15, 0.2) is 42.5 Å². The number of carbonyl (C=O) groups excluding carboxylic acids is 1. The fraction of sp³-hybridized carbons (Fsp3) is 0.391. The Hall–Kier alpha value is -2.71. The van der Waals surface area contributed by atoms with Gasteiger partial charge >= 0.3 is 0 Å². The summed E-state index contributed by atoms with van der Waals surface area (Å²) in [6, 6.07) is 12.6. The summed E-state index contributed by atoms with van der Waals surface area (Å²) in [6.45, 7) is 2.65. The van der Waals surface area contributed by atoms with Crippen LogP contribution in [0.3, 0.4) is 0 Å². The van der Waals surface area contributed by atoms with Crippen LogP contribution in [-0.4, -0.2) is 25.5 Å². The lowest BCUT2D eigenvalue weighted by atomic mass is 10.0. The molecule has 0 radical (unpaired) electrons. The van der Waals surface area contributed by atoms with Gasteiger partial charge in [-0.15, -0.1) is 0 Å². The molecule has 2 aromatic carbocycles. The number of ketones is 1. The Morgan fingerprint density at radius 3 is 2.54 bits per heavy atom. The van der Waals surface area contributed by atoms with Crippen LogP contribution in [0.4, 0.5) is 4.39 Å². The van der Waals surface area contributed by atoms with E-state index in [1.807, 2.05) is 6.07 Å². The number of nitrogens with one attached hydrogen (secondary N) is 1. The van der Waals surface area contributed by atoms with E-state index in [1.165, 1.54) is 25.0 Å². The summed E-state index contributed by atoms with van der Waals surface area (Å²) < 4.78 is 20.0. The van der Waals surface area contributed by atoms with E-state index in [4.69, 9.17) is 10.00 Å². The van der Waals surface area contributed by atoms with Crippen molar-refractivity contribution in [2.75, 3.05) is 19.7 Å². The molecule has 2 atom stereocenters. The monoisotopic (exact) mass is 378 g/mol. The molecule has 0 heterocycles. The van der Waals surface area contributed by atoms with Crippen molar-refractivity contribution in [3.63, 3.8) is 0 Å². The number of nitriles is 1. The summed E-state index contributed by atoms with van der Waals surface area (Å²) in [5.74, 6) is 1.37. The first-order valence-electron chi connectivity index (χ1n) is 9.82. The molecule has 2 aromatic rings. The Labute approximate surface area is 164 Å². The highest BCUT2D eigenvalue weighted by Crippen LogP contribution is 2.38. The van der Waals surface area contributed by atoms with Gasteiger partial charge in [-0.25, -0.2) is 4.39 Å².